The van der Waals surface area contributed by atoms with E-state index in [-0.39, 0.29) is 5.91 Å². The SMILES string of the molecule is Cc1ccc(C)c(C(=O)NCc2ccc(C(O)c3ccccc3)s2)c1. The van der Waals surface area contributed by atoms with E-state index in [1.165, 1.54) is 11.3 Å². The number of rotatable bonds is 5. The number of nitrogens with one attached hydrogen (secondary N) is 1. The number of benzene rings is 2. The van der Waals surface area contributed by atoms with Crippen molar-refractivity contribution < 1.29 is 9.90 Å². The second-order valence-corrected chi connectivity index (χ2v) is 7.32. The van der Waals surface area contributed by atoms with Crippen LogP contribution >= 0.6 is 11.3 Å². The first kappa shape index (κ1) is 17.4. The fourth-order valence-corrected chi connectivity index (χ4v) is 3.65. The minimum Gasteiger partial charge on any atom is -0.383 e. The molecule has 0 aliphatic rings. The summed E-state index contributed by atoms with van der Waals surface area (Å²) in [5.74, 6) is -0.0697. The van der Waals surface area contributed by atoms with Crippen molar-refractivity contribution in [2.75, 3.05) is 0 Å². The van der Waals surface area contributed by atoms with E-state index < -0.39 is 6.10 Å². The monoisotopic (exact) mass is 351 g/mol. The van der Waals surface area contributed by atoms with Crippen LogP contribution in [0.3, 0.4) is 0 Å². The fraction of sp³-hybridized carbons (Fsp3) is 0.190. The molecule has 1 aromatic heterocycles. The molecule has 3 rings (SSSR count). The van der Waals surface area contributed by atoms with Gasteiger partial charge in [-0.15, -0.1) is 11.3 Å². The molecule has 4 heteroatoms. The van der Waals surface area contributed by atoms with Crippen LogP contribution in [0.2, 0.25) is 0 Å². The van der Waals surface area contributed by atoms with Crippen LogP contribution in [0, 0.1) is 13.8 Å². The summed E-state index contributed by atoms with van der Waals surface area (Å²) in [6.07, 6.45) is -0.630. The van der Waals surface area contributed by atoms with E-state index >= 15 is 0 Å². The van der Waals surface area contributed by atoms with E-state index in [0.717, 1.165) is 26.4 Å². The molecule has 3 nitrogen and oxygen atoms in total. The first-order valence-corrected chi connectivity index (χ1v) is 9.03. The highest BCUT2D eigenvalue weighted by molar-refractivity contribution is 7.12. The number of hydrogen-bond acceptors (Lipinski definition) is 3. The number of thiophene rings is 1. The van der Waals surface area contributed by atoms with E-state index in [4.69, 9.17) is 0 Å². The number of carbonyl (C=O) groups excluding carboxylic acids is 1. The Morgan fingerprint density at radius 1 is 1.08 bits per heavy atom. The number of aliphatic hydroxyl groups excluding tert-OH is 1. The lowest BCUT2D eigenvalue weighted by molar-refractivity contribution is 0.0950. The van der Waals surface area contributed by atoms with Gasteiger partial charge in [-0.05, 0) is 43.2 Å². The molecule has 3 aromatic rings. The van der Waals surface area contributed by atoms with Crippen molar-refractivity contribution in [1.29, 1.82) is 0 Å². The Bertz CT molecular complexity index is 871. The van der Waals surface area contributed by atoms with Crippen LogP contribution in [0.15, 0.2) is 60.7 Å². The Labute approximate surface area is 152 Å². The van der Waals surface area contributed by atoms with Gasteiger partial charge in [-0.2, -0.15) is 0 Å². The first-order chi connectivity index (χ1) is 12.0. The maximum absolute atomic E-state index is 12.4. The third-order valence-electron chi connectivity index (χ3n) is 4.13. The highest BCUT2D eigenvalue weighted by Crippen LogP contribution is 2.28. The van der Waals surface area contributed by atoms with Gasteiger partial charge < -0.3 is 10.4 Å². The molecule has 0 bridgehead atoms. The largest absolute Gasteiger partial charge is 0.383 e. The molecule has 25 heavy (non-hydrogen) atoms. The van der Waals surface area contributed by atoms with Gasteiger partial charge in [0.25, 0.3) is 5.91 Å². The molecular formula is C21H21NO2S. The zero-order valence-corrected chi connectivity index (χ0v) is 15.1. The molecular weight excluding hydrogens is 330 g/mol. The normalized spacial score (nSPS) is 12.0. The highest BCUT2D eigenvalue weighted by atomic mass is 32.1. The second kappa shape index (κ2) is 7.64. The average molecular weight is 351 g/mol. The molecule has 0 fully saturated rings. The Morgan fingerprint density at radius 2 is 1.84 bits per heavy atom. The molecule has 1 amide bonds. The van der Waals surface area contributed by atoms with Crippen molar-refractivity contribution in [2.24, 2.45) is 0 Å². The third kappa shape index (κ3) is 4.16. The molecule has 0 aliphatic heterocycles. The summed E-state index contributed by atoms with van der Waals surface area (Å²) in [5, 5.41) is 13.4. The molecule has 128 valence electrons. The minimum atomic E-state index is -0.630. The third-order valence-corrected chi connectivity index (χ3v) is 5.27. The second-order valence-electron chi connectivity index (χ2n) is 6.12. The molecule has 2 aromatic carbocycles. The van der Waals surface area contributed by atoms with Crippen LogP contribution < -0.4 is 5.32 Å². The van der Waals surface area contributed by atoms with E-state index in [1.807, 2.05) is 74.5 Å². The minimum absolute atomic E-state index is 0.0697. The van der Waals surface area contributed by atoms with Crippen molar-refractivity contribution in [1.82, 2.24) is 5.32 Å². The van der Waals surface area contributed by atoms with Gasteiger partial charge in [-0.25, -0.2) is 0 Å². The number of aliphatic hydroxyl groups is 1. The molecule has 0 radical (unpaired) electrons. The average Bonchev–Trinajstić information content (AvgIpc) is 3.11. The number of hydrogen-bond donors (Lipinski definition) is 2. The van der Waals surface area contributed by atoms with Gasteiger partial charge in [0.2, 0.25) is 0 Å². The Balaban J connectivity index is 1.66. The lowest BCUT2D eigenvalue weighted by atomic mass is 10.1. The predicted molar refractivity (Wildman–Crippen MR) is 102 cm³/mol. The lowest BCUT2D eigenvalue weighted by Gasteiger charge is -2.09. The predicted octanol–water partition coefficient (Wildman–Crippen LogP) is 4.38. The van der Waals surface area contributed by atoms with Crippen LogP contribution in [0.4, 0.5) is 0 Å². The first-order valence-electron chi connectivity index (χ1n) is 8.21. The van der Waals surface area contributed by atoms with Crippen molar-refractivity contribution in [3.8, 4) is 0 Å². The van der Waals surface area contributed by atoms with E-state index in [2.05, 4.69) is 5.32 Å². The van der Waals surface area contributed by atoms with E-state index in [0.29, 0.717) is 12.1 Å². The van der Waals surface area contributed by atoms with Crippen LogP contribution in [0.25, 0.3) is 0 Å². The van der Waals surface area contributed by atoms with Gasteiger partial charge in [-0.3, -0.25) is 4.79 Å². The topological polar surface area (TPSA) is 49.3 Å². The molecule has 1 atom stereocenters. The zero-order chi connectivity index (χ0) is 17.8. The highest BCUT2D eigenvalue weighted by Gasteiger charge is 2.14. The quantitative estimate of drug-likeness (QED) is 0.717. The van der Waals surface area contributed by atoms with Crippen molar-refractivity contribution in [3.05, 3.63) is 92.7 Å². The molecule has 1 heterocycles. The van der Waals surface area contributed by atoms with Gasteiger partial charge in [0.1, 0.15) is 6.10 Å². The summed E-state index contributed by atoms with van der Waals surface area (Å²) in [5.41, 5.74) is 3.62. The van der Waals surface area contributed by atoms with Crippen LogP contribution in [-0.2, 0) is 6.54 Å². The molecule has 0 saturated carbocycles. The lowest BCUT2D eigenvalue weighted by Crippen LogP contribution is -2.23. The van der Waals surface area contributed by atoms with Crippen molar-refractivity contribution >= 4 is 17.2 Å². The van der Waals surface area contributed by atoms with Crippen LogP contribution in [0.5, 0.6) is 0 Å². The Hall–Kier alpha value is -2.43. The summed E-state index contributed by atoms with van der Waals surface area (Å²) in [4.78, 5) is 14.3. The van der Waals surface area contributed by atoms with Gasteiger partial charge in [0.15, 0.2) is 0 Å². The number of aryl methyl sites for hydroxylation is 2. The number of amides is 1. The molecule has 1 unspecified atom stereocenters. The van der Waals surface area contributed by atoms with Crippen LogP contribution in [-0.4, -0.2) is 11.0 Å². The summed E-state index contributed by atoms with van der Waals surface area (Å²) < 4.78 is 0. The summed E-state index contributed by atoms with van der Waals surface area (Å²) in [6, 6.07) is 19.3. The van der Waals surface area contributed by atoms with Gasteiger partial charge in [0.05, 0.1) is 6.54 Å². The van der Waals surface area contributed by atoms with Crippen molar-refractivity contribution in [3.63, 3.8) is 0 Å². The maximum Gasteiger partial charge on any atom is 0.251 e. The van der Waals surface area contributed by atoms with Gasteiger partial charge in [-0.1, -0.05) is 48.0 Å². The number of carbonyl (C=O) groups is 1. The van der Waals surface area contributed by atoms with E-state index in [1.54, 1.807) is 0 Å². The fourth-order valence-electron chi connectivity index (χ4n) is 2.68. The zero-order valence-electron chi connectivity index (χ0n) is 14.3. The maximum atomic E-state index is 12.4. The Morgan fingerprint density at radius 3 is 2.60 bits per heavy atom. The summed E-state index contributed by atoms with van der Waals surface area (Å²) in [6.45, 7) is 4.37. The molecule has 2 N–H and O–H groups in total. The van der Waals surface area contributed by atoms with Gasteiger partial charge in [0, 0.05) is 15.3 Å². The Kier molecular flexibility index (Phi) is 5.31. The molecule has 0 aliphatic carbocycles. The smallest absolute Gasteiger partial charge is 0.251 e. The molecule has 0 saturated heterocycles. The molecule has 0 spiro atoms. The van der Waals surface area contributed by atoms with Crippen LogP contribution in [0.1, 0.15) is 42.9 Å². The standard InChI is InChI=1S/C21H21NO2S/c1-14-8-9-15(2)18(12-14)21(24)22-13-17-10-11-19(25-17)20(23)16-6-4-3-5-7-16/h3-12,20,23H,13H2,1-2H3,(H,22,24). The van der Waals surface area contributed by atoms with Gasteiger partial charge >= 0.3 is 0 Å². The summed E-state index contributed by atoms with van der Waals surface area (Å²) in [7, 11) is 0. The van der Waals surface area contributed by atoms with Crippen molar-refractivity contribution in [2.45, 2.75) is 26.5 Å². The van der Waals surface area contributed by atoms with E-state index in [9.17, 15) is 9.90 Å². The summed E-state index contributed by atoms with van der Waals surface area (Å²) >= 11 is 1.52.